The van der Waals surface area contributed by atoms with Crippen LogP contribution < -0.4 is 16.4 Å². The summed E-state index contributed by atoms with van der Waals surface area (Å²) in [6, 6.07) is 0. The van der Waals surface area contributed by atoms with Gasteiger partial charge in [-0.15, -0.1) is 0 Å². The van der Waals surface area contributed by atoms with Crippen LogP contribution in [0.4, 0.5) is 0 Å². The highest BCUT2D eigenvalue weighted by atomic mass is 16.1. The second-order valence-electron chi connectivity index (χ2n) is 2.84. The molecule has 0 heterocycles. The van der Waals surface area contributed by atoms with Gasteiger partial charge in [0.15, 0.2) is 0 Å². The molecule has 0 aromatic heterocycles. The third-order valence-electron chi connectivity index (χ3n) is 1.53. The van der Waals surface area contributed by atoms with Crippen molar-refractivity contribution in [3.8, 4) is 0 Å². The predicted molar refractivity (Wildman–Crippen MR) is 58.7 cm³/mol. The van der Waals surface area contributed by atoms with E-state index in [0.29, 0.717) is 13.0 Å². The van der Waals surface area contributed by atoms with Gasteiger partial charge in [-0.3, -0.25) is 4.79 Å². The number of carbonyl (C=O) groups excluding carboxylic acids is 1. The summed E-state index contributed by atoms with van der Waals surface area (Å²) in [6.07, 6.45) is 5.23. The van der Waals surface area contributed by atoms with E-state index in [1.54, 1.807) is 6.08 Å². The molecule has 0 aliphatic heterocycles. The third kappa shape index (κ3) is 9.22. The van der Waals surface area contributed by atoms with E-state index < -0.39 is 6.50 Å². The molecule has 0 aliphatic carbocycles. The molecule has 0 saturated carbocycles. The highest BCUT2D eigenvalue weighted by Gasteiger charge is 1.95. The predicted octanol–water partition coefficient (Wildman–Crippen LogP) is 0.355. The number of hydrogen-bond acceptors (Lipinski definition) is 3. The molecule has 14 heavy (non-hydrogen) atoms. The zero-order valence-corrected chi connectivity index (χ0v) is 8.68. The lowest BCUT2D eigenvalue weighted by molar-refractivity contribution is -0.119. The number of nitrogens with one attached hydrogen (secondary N) is 2. The number of rotatable bonds is 8. The maximum Gasteiger partial charge on any atom is 0.237 e. The molecule has 4 nitrogen and oxygen atoms in total. The Morgan fingerprint density at radius 2 is 2.36 bits per heavy atom. The topological polar surface area (TPSA) is 67.2 Å². The van der Waals surface area contributed by atoms with Crippen molar-refractivity contribution in [2.75, 3.05) is 19.6 Å². The minimum atomic E-state index is -1.48. The fraction of sp³-hybridized carbons (Fsp3) is 0.700. The molecule has 0 saturated heterocycles. The zero-order valence-electron chi connectivity index (χ0n) is 10.7. The van der Waals surface area contributed by atoms with E-state index in [1.165, 1.54) is 6.20 Å². The minimum Gasteiger partial charge on any atom is -0.332 e. The Kier molecular flexibility index (Phi) is 7.06. The van der Waals surface area contributed by atoms with E-state index >= 15 is 0 Å². The fourth-order valence-corrected chi connectivity index (χ4v) is 0.767. The van der Waals surface area contributed by atoms with Crippen molar-refractivity contribution in [2.24, 2.45) is 5.73 Å². The molecule has 0 aromatic rings. The highest BCUT2D eigenvalue weighted by molar-refractivity contribution is 5.78. The van der Waals surface area contributed by atoms with Crippen LogP contribution in [0.25, 0.3) is 0 Å². The van der Waals surface area contributed by atoms with Crippen molar-refractivity contribution in [2.45, 2.75) is 26.2 Å². The van der Waals surface area contributed by atoms with Crippen molar-refractivity contribution >= 4 is 5.91 Å². The number of carbonyl (C=O) groups is 1. The molecule has 0 aliphatic rings. The molecule has 0 aromatic carbocycles. The summed E-state index contributed by atoms with van der Waals surface area (Å²) < 4.78 is 15.1. The molecule has 0 radical (unpaired) electrons. The first-order chi connectivity index (χ1) is 7.52. The van der Waals surface area contributed by atoms with Crippen LogP contribution in [0.2, 0.25) is 0 Å². The van der Waals surface area contributed by atoms with Crippen LogP contribution in [0.1, 0.15) is 28.9 Å². The zero-order chi connectivity index (χ0) is 12.4. The number of unbranched alkanes of at least 4 members (excludes halogenated alkanes) is 1. The van der Waals surface area contributed by atoms with E-state index in [9.17, 15) is 4.79 Å². The Balaban J connectivity index is 3.76. The molecular weight excluding hydrogens is 178 g/mol. The first-order valence-corrected chi connectivity index (χ1v) is 4.91. The first-order valence-electron chi connectivity index (χ1n) is 5.91. The van der Waals surface area contributed by atoms with Gasteiger partial charge >= 0.3 is 0 Å². The molecule has 0 fully saturated rings. The van der Waals surface area contributed by atoms with Crippen molar-refractivity contribution in [3.05, 3.63) is 12.3 Å². The Hall–Kier alpha value is -0.870. The van der Waals surface area contributed by atoms with Crippen LogP contribution in [-0.2, 0) is 4.79 Å². The Bertz CT molecular complexity index is 232. The Morgan fingerprint density at radius 3 is 3.00 bits per heavy atom. The lowest BCUT2D eigenvalue weighted by Crippen LogP contribution is -2.31. The van der Waals surface area contributed by atoms with E-state index in [0.717, 1.165) is 12.8 Å². The van der Waals surface area contributed by atoms with E-state index in [-0.39, 0.29) is 12.5 Å². The SMILES string of the molecule is [2H]C([2H])(CCCC)NCC(=O)NC=CCN. The summed E-state index contributed by atoms with van der Waals surface area (Å²) in [4.78, 5) is 11.2. The van der Waals surface area contributed by atoms with Gasteiger partial charge in [0.25, 0.3) is 0 Å². The molecule has 0 bridgehead atoms. The second kappa shape index (κ2) is 10.2. The van der Waals surface area contributed by atoms with Gasteiger partial charge in [-0.2, -0.15) is 0 Å². The van der Waals surface area contributed by atoms with Crippen molar-refractivity contribution < 1.29 is 7.54 Å². The molecule has 0 rings (SSSR count). The molecule has 0 atom stereocenters. The van der Waals surface area contributed by atoms with Crippen LogP contribution in [0.3, 0.4) is 0 Å². The highest BCUT2D eigenvalue weighted by Crippen LogP contribution is 1.90. The summed E-state index contributed by atoms with van der Waals surface area (Å²) in [5, 5.41) is 5.06. The molecule has 82 valence electrons. The summed E-state index contributed by atoms with van der Waals surface area (Å²) in [6.45, 7) is 0.849. The molecular formula is C10H21N3O. The normalized spacial score (nSPS) is 13.9. The maximum absolute atomic E-state index is 11.2. The van der Waals surface area contributed by atoms with Crippen LogP contribution in [0.15, 0.2) is 12.3 Å². The average Bonchev–Trinajstić information content (AvgIpc) is 2.24. The van der Waals surface area contributed by atoms with Crippen molar-refractivity contribution in [1.29, 1.82) is 0 Å². The lowest BCUT2D eigenvalue weighted by Gasteiger charge is -2.02. The molecule has 4 N–H and O–H groups in total. The van der Waals surface area contributed by atoms with Gasteiger partial charge in [-0.05, 0) is 12.9 Å². The fourth-order valence-electron chi connectivity index (χ4n) is 0.767. The largest absolute Gasteiger partial charge is 0.332 e. The first kappa shape index (κ1) is 9.68. The van der Waals surface area contributed by atoms with Gasteiger partial charge in [0.1, 0.15) is 0 Å². The maximum atomic E-state index is 11.2. The standard InChI is InChI=1S/C10H21N3O/c1-2-3-4-7-12-9-10(14)13-8-5-6-11/h5,8,12H,2-4,6-7,9,11H2,1H3,(H,13,14)/i7D2. The van der Waals surface area contributed by atoms with E-state index in [4.69, 9.17) is 8.48 Å². The van der Waals surface area contributed by atoms with Gasteiger partial charge in [-0.1, -0.05) is 25.8 Å². The summed E-state index contributed by atoms with van der Waals surface area (Å²) in [7, 11) is 0. The van der Waals surface area contributed by atoms with Gasteiger partial charge in [0, 0.05) is 15.5 Å². The van der Waals surface area contributed by atoms with Gasteiger partial charge in [0.2, 0.25) is 5.91 Å². The second-order valence-corrected chi connectivity index (χ2v) is 2.84. The van der Waals surface area contributed by atoms with Crippen LogP contribution in [-0.4, -0.2) is 25.5 Å². The molecule has 4 heteroatoms. The van der Waals surface area contributed by atoms with Crippen LogP contribution >= 0.6 is 0 Å². The monoisotopic (exact) mass is 201 g/mol. The number of amides is 1. The summed E-state index contributed by atoms with van der Waals surface area (Å²) >= 11 is 0. The Morgan fingerprint density at radius 1 is 1.57 bits per heavy atom. The molecule has 1 amide bonds. The number of hydrogen-bond donors (Lipinski definition) is 3. The van der Waals surface area contributed by atoms with Crippen molar-refractivity contribution in [3.63, 3.8) is 0 Å². The van der Waals surface area contributed by atoms with Crippen molar-refractivity contribution in [1.82, 2.24) is 10.6 Å². The minimum absolute atomic E-state index is 0.0361. The molecule has 0 spiro atoms. The van der Waals surface area contributed by atoms with Gasteiger partial charge in [-0.25, -0.2) is 0 Å². The van der Waals surface area contributed by atoms with Gasteiger partial charge in [0.05, 0.1) is 6.54 Å². The van der Waals surface area contributed by atoms with Crippen LogP contribution in [0.5, 0.6) is 0 Å². The average molecular weight is 201 g/mol. The summed E-state index contributed by atoms with van der Waals surface area (Å²) in [5.41, 5.74) is 5.20. The summed E-state index contributed by atoms with van der Waals surface area (Å²) in [5.74, 6) is -0.273. The lowest BCUT2D eigenvalue weighted by atomic mass is 10.2. The smallest absolute Gasteiger partial charge is 0.237 e. The van der Waals surface area contributed by atoms with Gasteiger partial charge < -0.3 is 16.4 Å². The van der Waals surface area contributed by atoms with E-state index in [2.05, 4.69) is 10.6 Å². The van der Waals surface area contributed by atoms with Crippen LogP contribution in [0, 0.1) is 0 Å². The quantitative estimate of drug-likeness (QED) is 0.531. The Labute approximate surface area is 88.7 Å². The molecule has 0 unspecified atom stereocenters. The van der Waals surface area contributed by atoms with E-state index in [1.807, 2.05) is 6.92 Å². The number of nitrogens with two attached hydrogens (primary N) is 1. The third-order valence-corrected chi connectivity index (χ3v) is 1.53.